The second-order valence-corrected chi connectivity index (χ2v) is 4.61. The Morgan fingerprint density at radius 2 is 2.20 bits per heavy atom. The minimum atomic E-state index is -0.282. The molecule has 2 nitrogen and oxygen atoms in total. The predicted molar refractivity (Wildman–Crippen MR) is 63.4 cm³/mol. The zero-order valence-corrected chi connectivity index (χ0v) is 10.6. The van der Waals surface area contributed by atoms with E-state index >= 15 is 0 Å². The molecule has 0 aromatic heterocycles. The van der Waals surface area contributed by atoms with Crippen molar-refractivity contribution in [1.82, 2.24) is 0 Å². The van der Waals surface area contributed by atoms with E-state index in [0.717, 1.165) is 5.56 Å². The second kappa shape index (κ2) is 6.44. The summed E-state index contributed by atoms with van der Waals surface area (Å²) < 4.78 is 6.11. The van der Waals surface area contributed by atoms with Crippen molar-refractivity contribution in [3.8, 4) is 0 Å². The first kappa shape index (κ1) is 12.0. The first-order chi connectivity index (χ1) is 7.27. The summed E-state index contributed by atoms with van der Waals surface area (Å²) >= 11 is 0.440. The van der Waals surface area contributed by atoms with Gasteiger partial charge in [-0.15, -0.1) is 0 Å². The number of benzene rings is 1. The molecule has 0 heterocycles. The summed E-state index contributed by atoms with van der Waals surface area (Å²) in [5.74, 6) is 1.88. The molecular weight excluding hydrogens is 255 g/mol. The molecule has 0 saturated heterocycles. The van der Waals surface area contributed by atoms with E-state index in [4.69, 9.17) is 4.74 Å². The van der Waals surface area contributed by atoms with Gasteiger partial charge in [-0.3, -0.25) is 0 Å². The van der Waals surface area contributed by atoms with E-state index in [1.165, 1.54) is 10.5 Å². The molecule has 1 aromatic carbocycles. The number of rotatable bonds is 4. The predicted octanol–water partition coefficient (Wildman–Crippen LogP) is 1.64. The molecular formula is C12H14O2Se. The van der Waals surface area contributed by atoms with Crippen molar-refractivity contribution in [3.63, 3.8) is 0 Å². The van der Waals surface area contributed by atoms with Gasteiger partial charge in [-0.2, -0.15) is 0 Å². The van der Waals surface area contributed by atoms with Gasteiger partial charge in [0.2, 0.25) is 0 Å². The number of carbonyl (C=O) groups is 1. The normalized spacial score (nSPS) is 10.5. The molecule has 15 heavy (non-hydrogen) atoms. The van der Waals surface area contributed by atoms with Crippen molar-refractivity contribution in [1.29, 1.82) is 0 Å². The summed E-state index contributed by atoms with van der Waals surface area (Å²) in [7, 11) is 0. The van der Waals surface area contributed by atoms with Gasteiger partial charge in [0.05, 0.1) is 0 Å². The van der Waals surface area contributed by atoms with E-state index in [1.807, 2.05) is 24.3 Å². The standard InChI is InChI=1S/C12H14O2Se/c1-3-14-12(13)9-8-10-6-4-5-7-11(10)15-2/h4-9H,3H2,1-2H3/b9-8+. The Morgan fingerprint density at radius 3 is 2.87 bits per heavy atom. The molecule has 1 aromatic rings. The van der Waals surface area contributed by atoms with E-state index in [0.29, 0.717) is 21.6 Å². The van der Waals surface area contributed by atoms with Gasteiger partial charge >= 0.3 is 96.3 Å². The van der Waals surface area contributed by atoms with Crippen LogP contribution in [0.2, 0.25) is 5.82 Å². The Kier molecular flexibility index (Phi) is 5.16. The summed E-state index contributed by atoms with van der Waals surface area (Å²) in [4.78, 5) is 11.1. The third kappa shape index (κ3) is 3.90. The van der Waals surface area contributed by atoms with Crippen LogP contribution in [0.5, 0.6) is 0 Å². The topological polar surface area (TPSA) is 26.3 Å². The van der Waals surface area contributed by atoms with Gasteiger partial charge in [0.1, 0.15) is 0 Å². The summed E-state index contributed by atoms with van der Waals surface area (Å²) in [5, 5.41) is 0. The minimum absolute atomic E-state index is 0.282. The van der Waals surface area contributed by atoms with Crippen molar-refractivity contribution in [3.05, 3.63) is 35.9 Å². The first-order valence-corrected chi connectivity index (χ1v) is 7.32. The first-order valence-electron chi connectivity index (χ1n) is 4.75. The molecule has 0 N–H and O–H groups in total. The molecule has 0 atom stereocenters. The SMILES string of the molecule is CCOC(=O)/C=C/c1ccccc1[Se]C. The second-order valence-electron chi connectivity index (χ2n) is 2.83. The van der Waals surface area contributed by atoms with Crippen LogP contribution in [0.1, 0.15) is 12.5 Å². The average molecular weight is 269 g/mol. The number of ether oxygens (including phenoxy) is 1. The van der Waals surface area contributed by atoms with E-state index in [2.05, 4.69) is 11.9 Å². The monoisotopic (exact) mass is 270 g/mol. The fraction of sp³-hybridized carbons (Fsp3) is 0.250. The molecule has 0 aliphatic carbocycles. The van der Waals surface area contributed by atoms with Crippen LogP contribution in [-0.4, -0.2) is 27.5 Å². The van der Waals surface area contributed by atoms with Crippen molar-refractivity contribution in [2.24, 2.45) is 0 Å². The molecule has 0 saturated carbocycles. The molecule has 80 valence electrons. The molecule has 0 aliphatic rings. The number of hydrogen-bond acceptors (Lipinski definition) is 2. The van der Waals surface area contributed by atoms with Gasteiger partial charge in [0, 0.05) is 0 Å². The van der Waals surface area contributed by atoms with Crippen LogP contribution in [0.15, 0.2) is 30.3 Å². The van der Waals surface area contributed by atoms with Gasteiger partial charge in [-0.1, -0.05) is 0 Å². The van der Waals surface area contributed by atoms with Crippen molar-refractivity contribution in [2.75, 3.05) is 6.61 Å². The quantitative estimate of drug-likeness (QED) is 0.472. The third-order valence-corrected chi connectivity index (χ3v) is 3.53. The molecule has 3 heteroatoms. The van der Waals surface area contributed by atoms with Crippen LogP contribution in [-0.2, 0) is 9.53 Å². The van der Waals surface area contributed by atoms with Gasteiger partial charge in [-0.25, -0.2) is 0 Å². The van der Waals surface area contributed by atoms with E-state index in [-0.39, 0.29) is 5.97 Å². The summed E-state index contributed by atoms with van der Waals surface area (Å²) in [6.45, 7) is 2.22. The van der Waals surface area contributed by atoms with E-state index in [9.17, 15) is 4.79 Å². The third-order valence-electron chi connectivity index (χ3n) is 1.82. The van der Waals surface area contributed by atoms with Crippen LogP contribution in [0.4, 0.5) is 0 Å². The van der Waals surface area contributed by atoms with Gasteiger partial charge < -0.3 is 0 Å². The molecule has 0 spiro atoms. The number of esters is 1. The van der Waals surface area contributed by atoms with Gasteiger partial charge in [0.25, 0.3) is 0 Å². The van der Waals surface area contributed by atoms with Gasteiger partial charge in [-0.05, 0) is 0 Å². The molecule has 0 unspecified atom stereocenters. The average Bonchev–Trinajstić information content (AvgIpc) is 2.27. The van der Waals surface area contributed by atoms with Crippen molar-refractivity contribution in [2.45, 2.75) is 12.7 Å². The fourth-order valence-corrected chi connectivity index (χ4v) is 2.38. The van der Waals surface area contributed by atoms with Crippen LogP contribution < -0.4 is 4.46 Å². The van der Waals surface area contributed by atoms with Crippen LogP contribution >= 0.6 is 0 Å². The zero-order chi connectivity index (χ0) is 11.1. The Bertz CT molecular complexity index is 358. The molecule has 0 radical (unpaired) electrons. The fourth-order valence-electron chi connectivity index (χ4n) is 1.15. The molecule has 0 aliphatic heterocycles. The Morgan fingerprint density at radius 1 is 1.47 bits per heavy atom. The Balaban J connectivity index is 2.75. The number of hydrogen-bond donors (Lipinski definition) is 0. The van der Waals surface area contributed by atoms with Crippen LogP contribution in [0.25, 0.3) is 6.08 Å². The van der Waals surface area contributed by atoms with Gasteiger partial charge in [0.15, 0.2) is 0 Å². The van der Waals surface area contributed by atoms with E-state index in [1.54, 1.807) is 6.92 Å². The summed E-state index contributed by atoms with van der Waals surface area (Å²) in [6.07, 6.45) is 3.30. The Hall–Kier alpha value is -1.05. The van der Waals surface area contributed by atoms with E-state index < -0.39 is 0 Å². The summed E-state index contributed by atoms with van der Waals surface area (Å²) in [5.41, 5.74) is 1.10. The van der Waals surface area contributed by atoms with Crippen LogP contribution in [0, 0.1) is 0 Å². The maximum atomic E-state index is 11.1. The van der Waals surface area contributed by atoms with Crippen molar-refractivity contribution >= 4 is 31.5 Å². The zero-order valence-electron chi connectivity index (χ0n) is 8.90. The molecule has 1 rings (SSSR count). The van der Waals surface area contributed by atoms with Crippen LogP contribution in [0.3, 0.4) is 0 Å². The van der Waals surface area contributed by atoms with Crippen molar-refractivity contribution < 1.29 is 9.53 Å². The molecule has 0 fully saturated rings. The maximum absolute atomic E-state index is 11.1. The molecule has 0 amide bonds. The summed E-state index contributed by atoms with van der Waals surface area (Å²) in [6, 6.07) is 8.09. The Labute approximate surface area is 96.5 Å². The number of carbonyl (C=O) groups excluding carboxylic acids is 1. The molecule has 0 bridgehead atoms.